The smallest absolute Gasteiger partial charge is 0.268 e. The van der Waals surface area contributed by atoms with Crippen molar-refractivity contribution in [1.29, 1.82) is 0 Å². The summed E-state index contributed by atoms with van der Waals surface area (Å²) >= 11 is 0. The largest absolute Gasteiger partial charge is 0.485 e. The fraction of sp³-hybridized carbons (Fsp3) is 0.0667. The monoisotopic (exact) mass is 308 g/mol. The van der Waals surface area contributed by atoms with Crippen LogP contribution in [0, 0.1) is 0 Å². The van der Waals surface area contributed by atoms with Crippen LogP contribution in [0.5, 0.6) is 0 Å². The average Bonchev–Trinajstić information content (AvgIpc) is 2.47. The summed E-state index contributed by atoms with van der Waals surface area (Å²) in [6.07, 6.45) is -4.93. The SMILES string of the molecule is O=C(NC(F)(F)F)N(C(=O)c1ccccc1)c1ccccc1. The first-order valence-electron chi connectivity index (χ1n) is 6.22. The van der Waals surface area contributed by atoms with E-state index in [1.165, 1.54) is 36.4 Å². The number of carbonyl (C=O) groups is 2. The van der Waals surface area contributed by atoms with Crippen molar-refractivity contribution in [2.45, 2.75) is 6.30 Å². The van der Waals surface area contributed by atoms with Crippen molar-refractivity contribution in [2.75, 3.05) is 4.90 Å². The van der Waals surface area contributed by atoms with Gasteiger partial charge in [0.15, 0.2) is 0 Å². The van der Waals surface area contributed by atoms with E-state index in [-0.39, 0.29) is 11.3 Å². The molecular weight excluding hydrogens is 297 g/mol. The molecule has 1 N–H and O–H groups in total. The second-order valence-corrected chi connectivity index (χ2v) is 4.27. The molecule has 3 amide bonds. The van der Waals surface area contributed by atoms with Crippen LogP contribution >= 0.6 is 0 Å². The maximum absolute atomic E-state index is 12.4. The van der Waals surface area contributed by atoms with Crippen LogP contribution in [-0.4, -0.2) is 18.2 Å². The van der Waals surface area contributed by atoms with E-state index in [1.54, 1.807) is 24.3 Å². The highest BCUT2D eigenvalue weighted by Crippen LogP contribution is 2.19. The quantitative estimate of drug-likeness (QED) is 0.862. The fourth-order valence-corrected chi connectivity index (χ4v) is 1.79. The van der Waals surface area contributed by atoms with Crippen molar-refractivity contribution in [3.05, 3.63) is 66.2 Å². The molecule has 0 unspecified atom stereocenters. The number of hydrogen-bond acceptors (Lipinski definition) is 2. The third-order valence-corrected chi connectivity index (χ3v) is 2.69. The van der Waals surface area contributed by atoms with E-state index in [2.05, 4.69) is 0 Å². The molecule has 0 heterocycles. The van der Waals surface area contributed by atoms with Gasteiger partial charge in [0, 0.05) is 5.56 Å². The number of imide groups is 1. The van der Waals surface area contributed by atoms with Gasteiger partial charge < -0.3 is 0 Å². The number of benzene rings is 2. The molecule has 0 radical (unpaired) electrons. The van der Waals surface area contributed by atoms with Crippen molar-refractivity contribution in [3.8, 4) is 0 Å². The molecule has 0 spiro atoms. The molecule has 2 rings (SSSR count). The average molecular weight is 308 g/mol. The zero-order valence-corrected chi connectivity index (χ0v) is 11.2. The predicted molar refractivity (Wildman–Crippen MR) is 74.3 cm³/mol. The Kier molecular flexibility index (Phi) is 4.45. The van der Waals surface area contributed by atoms with Gasteiger partial charge in [-0.05, 0) is 24.3 Å². The van der Waals surface area contributed by atoms with Gasteiger partial charge in [0.1, 0.15) is 0 Å². The Morgan fingerprint density at radius 3 is 1.86 bits per heavy atom. The topological polar surface area (TPSA) is 49.4 Å². The number of anilines is 1. The molecule has 7 heteroatoms. The van der Waals surface area contributed by atoms with Gasteiger partial charge in [0.05, 0.1) is 5.69 Å². The summed E-state index contributed by atoms with van der Waals surface area (Å²) in [5.41, 5.74) is 0.141. The number of nitrogens with one attached hydrogen (secondary N) is 1. The molecule has 0 saturated heterocycles. The third-order valence-electron chi connectivity index (χ3n) is 2.69. The first kappa shape index (κ1) is 15.6. The Morgan fingerprint density at radius 2 is 1.36 bits per heavy atom. The number of rotatable bonds is 2. The van der Waals surface area contributed by atoms with E-state index in [0.717, 1.165) is 5.32 Å². The highest BCUT2D eigenvalue weighted by Gasteiger charge is 2.35. The van der Waals surface area contributed by atoms with Gasteiger partial charge in [0.25, 0.3) is 5.91 Å². The normalized spacial score (nSPS) is 10.9. The first-order valence-corrected chi connectivity index (χ1v) is 6.22. The second kappa shape index (κ2) is 6.30. The second-order valence-electron chi connectivity index (χ2n) is 4.27. The number of amides is 3. The minimum atomic E-state index is -4.93. The number of hydrogen-bond donors (Lipinski definition) is 1. The molecule has 4 nitrogen and oxygen atoms in total. The van der Waals surface area contributed by atoms with Gasteiger partial charge in [-0.2, -0.15) is 13.2 Å². The summed E-state index contributed by atoms with van der Waals surface area (Å²) in [7, 11) is 0. The molecule has 2 aromatic carbocycles. The Bertz CT molecular complexity index is 657. The Morgan fingerprint density at radius 1 is 0.864 bits per heavy atom. The van der Waals surface area contributed by atoms with E-state index >= 15 is 0 Å². The minimum Gasteiger partial charge on any atom is -0.268 e. The summed E-state index contributed by atoms with van der Waals surface area (Å²) in [4.78, 5) is 24.7. The molecule has 0 aliphatic rings. The van der Waals surface area contributed by atoms with Gasteiger partial charge in [0.2, 0.25) is 0 Å². The zero-order chi connectivity index (χ0) is 16.2. The zero-order valence-electron chi connectivity index (χ0n) is 11.2. The molecule has 22 heavy (non-hydrogen) atoms. The van der Waals surface area contributed by atoms with Crippen LogP contribution in [0.4, 0.5) is 23.7 Å². The van der Waals surface area contributed by atoms with Gasteiger partial charge in [-0.3, -0.25) is 4.79 Å². The molecule has 0 atom stereocenters. The summed E-state index contributed by atoms with van der Waals surface area (Å²) in [5.74, 6) is -0.853. The number of alkyl halides is 3. The molecule has 114 valence electrons. The highest BCUT2D eigenvalue weighted by molar-refractivity contribution is 6.20. The number of para-hydroxylation sites is 1. The highest BCUT2D eigenvalue weighted by atomic mass is 19.4. The summed E-state index contributed by atoms with van der Waals surface area (Å²) in [6.45, 7) is 0. The third kappa shape index (κ3) is 3.85. The molecule has 0 saturated carbocycles. The summed E-state index contributed by atoms with van der Waals surface area (Å²) in [6, 6.07) is 13.4. The van der Waals surface area contributed by atoms with Gasteiger partial charge in [-0.1, -0.05) is 36.4 Å². The molecular formula is C15H11F3N2O2. The maximum atomic E-state index is 12.4. The molecule has 0 aliphatic heterocycles. The number of carbonyl (C=O) groups excluding carboxylic acids is 2. The lowest BCUT2D eigenvalue weighted by Gasteiger charge is -2.22. The first-order chi connectivity index (χ1) is 10.4. The van der Waals surface area contributed by atoms with Gasteiger partial charge in [-0.15, -0.1) is 0 Å². The molecule has 2 aromatic rings. The van der Waals surface area contributed by atoms with E-state index in [9.17, 15) is 22.8 Å². The van der Waals surface area contributed by atoms with Crippen molar-refractivity contribution in [3.63, 3.8) is 0 Å². The Balaban J connectivity index is 2.38. The minimum absolute atomic E-state index is 0.0399. The van der Waals surface area contributed by atoms with Crippen LogP contribution in [0.25, 0.3) is 0 Å². The van der Waals surface area contributed by atoms with Crippen LogP contribution in [0.2, 0.25) is 0 Å². The lowest BCUT2D eigenvalue weighted by molar-refractivity contribution is -0.144. The molecule has 0 bridgehead atoms. The number of halogens is 3. The van der Waals surface area contributed by atoms with Crippen molar-refractivity contribution < 1.29 is 22.8 Å². The fourth-order valence-electron chi connectivity index (χ4n) is 1.79. The van der Waals surface area contributed by atoms with E-state index in [1.807, 2.05) is 0 Å². The Hall–Kier alpha value is -2.83. The molecule has 0 aromatic heterocycles. The lowest BCUT2D eigenvalue weighted by Crippen LogP contribution is -2.49. The van der Waals surface area contributed by atoms with Crippen LogP contribution in [0.1, 0.15) is 10.4 Å². The van der Waals surface area contributed by atoms with Gasteiger partial charge in [-0.25, -0.2) is 15.0 Å². The van der Waals surface area contributed by atoms with Crippen LogP contribution in [-0.2, 0) is 0 Å². The Labute approximate surface area is 124 Å². The standard InChI is InChI=1S/C15H11F3N2O2/c16-15(17,18)19-14(22)20(12-9-5-2-6-10-12)13(21)11-7-3-1-4-8-11/h1-10H,(H,19,22). The van der Waals surface area contributed by atoms with E-state index in [4.69, 9.17) is 0 Å². The predicted octanol–water partition coefficient (Wildman–Crippen LogP) is 3.56. The number of urea groups is 1. The molecule has 0 aliphatic carbocycles. The van der Waals surface area contributed by atoms with Crippen LogP contribution in [0.15, 0.2) is 60.7 Å². The van der Waals surface area contributed by atoms with E-state index < -0.39 is 18.2 Å². The number of nitrogens with zero attached hydrogens (tertiary/aromatic N) is 1. The van der Waals surface area contributed by atoms with Crippen molar-refractivity contribution in [1.82, 2.24) is 5.32 Å². The van der Waals surface area contributed by atoms with E-state index in [0.29, 0.717) is 4.90 Å². The van der Waals surface area contributed by atoms with Crippen LogP contribution < -0.4 is 10.2 Å². The summed E-state index contributed by atoms with van der Waals surface area (Å²) < 4.78 is 37.1. The van der Waals surface area contributed by atoms with Crippen LogP contribution in [0.3, 0.4) is 0 Å². The van der Waals surface area contributed by atoms with Gasteiger partial charge >= 0.3 is 12.3 Å². The summed E-state index contributed by atoms with van der Waals surface area (Å²) in [5, 5.41) is 0.835. The van der Waals surface area contributed by atoms with Crippen molar-refractivity contribution in [2.24, 2.45) is 0 Å². The lowest BCUT2D eigenvalue weighted by atomic mass is 10.2. The maximum Gasteiger partial charge on any atom is 0.485 e. The molecule has 0 fully saturated rings. The van der Waals surface area contributed by atoms with Crippen molar-refractivity contribution >= 4 is 17.6 Å².